The van der Waals surface area contributed by atoms with Gasteiger partial charge in [-0.05, 0) is 37.8 Å². The van der Waals surface area contributed by atoms with E-state index in [2.05, 4.69) is 11.9 Å². The average Bonchev–Trinajstić information content (AvgIpc) is 2.41. The lowest BCUT2D eigenvalue weighted by molar-refractivity contribution is 0.202. The van der Waals surface area contributed by atoms with Gasteiger partial charge in [-0.2, -0.15) is 4.31 Å². The number of piperidine rings is 1. The average molecular weight is 313 g/mol. The molecule has 20 heavy (non-hydrogen) atoms. The van der Waals surface area contributed by atoms with Crippen LogP contribution in [0.15, 0.2) is 23.2 Å². The maximum absolute atomic E-state index is 12.6. The molecule has 0 aliphatic carbocycles. The molecule has 1 aliphatic rings. The third-order valence-corrected chi connectivity index (χ3v) is 6.09. The van der Waals surface area contributed by atoms with E-state index in [1.54, 1.807) is 10.4 Å². The molecule has 2 N–H and O–H groups in total. The van der Waals surface area contributed by atoms with Crippen LogP contribution < -0.4 is 5.73 Å². The molecule has 0 radical (unpaired) electrons. The first-order chi connectivity index (χ1) is 9.34. The molecule has 0 saturated carbocycles. The van der Waals surface area contributed by atoms with E-state index < -0.39 is 10.0 Å². The van der Waals surface area contributed by atoms with Crippen LogP contribution in [0.3, 0.4) is 0 Å². The van der Waals surface area contributed by atoms with Gasteiger partial charge in [-0.3, -0.25) is 4.98 Å². The predicted octanol–water partition coefficient (Wildman–Crippen LogP) is 1.52. The van der Waals surface area contributed by atoms with E-state index in [0.717, 1.165) is 12.8 Å². The number of nitrogens with two attached hydrogens (primary N) is 1. The van der Waals surface area contributed by atoms with Gasteiger partial charge in [0.1, 0.15) is 9.88 Å². The summed E-state index contributed by atoms with van der Waals surface area (Å²) in [5.74, 6) is 0.363. The van der Waals surface area contributed by atoms with Crippen molar-refractivity contribution in [3.8, 4) is 0 Å². The molecule has 1 aromatic rings. The van der Waals surface area contributed by atoms with E-state index in [1.807, 2.05) is 6.92 Å². The minimum absolute atomic E-state index is 0.00371. The summed E-state index contributed by atoms with van der Waals surface area (Å²) >= 11 is 4.81. The highest BCUT2D eigenvalue weighted by atomic mass is 32.2. The molecular weight excluding hydrogens is 294 g/mol. The van der Waals surface area contributed by atoms with Crippen molar-refractivity contribution >= 4 is 27.2 Å². The zero-order chi connectivity index (χ0) is 14.9. The first-order valence-corrected chi connectivity index (χ1v) is 8.46. The summed E-state index contributed by atoms with van der Waals surface area (Å²) in [6.07, 6.45) is 3.28. The maximum Gasteiger partial charge on any atom is 0.244 e. The van der Waals surface area contributed by atoms with E-state index in [0.29, 0.717) is 18.2 Å². The molecule has 0 amide bonds. The van der Waals surface area contributed by atoms with Crippen LogP contribution in [0.4, 0.5) is 0 Å². The molecule has 7 heteroatoms. The third-order valence-electron chi connectivity index (χ3n) is 3.91. The first-order valence-electron chi connectivity index (χ1n) is 6.61. The molecule has 1 fully saturated rings. The van der Waals surface area contributed by atoms with Gasteiger partial charge in [-0.15, -0.1) is 0 Å². The molecule has 1 saturated heterocycles. The van der Waals surface area contributed by atoms with E-state index >= 15 is 0 Å². The standard InChI is InChI=1S/C13H19N3O2S2/c1-9-4-3-7-16(10(9)2)20(17,18)11-5-6-12(13(14)19)15-8-11/h5-6,8-10H,3-4,7H2,1-2H3,(H2,14,19). The molecule has 0 bridgehead atoms. The normalized spacial score (nSPS) is 24.5. The topological polar surface area (TPSA) is 76.3 Å². The number of hydrogen-bond donors (Lipinski definition) is 1. The molecule has 2 atom stereocenters. The van der Waals surface area contributed by atoms with Crippen LogP contribution in [0.2, 0.25) is 0 Å². The van der Waals surface area contributed by atoms with Crippen molar-refractivity contribution in [2.24, 2.45) is 11.7 Å². The molecule has 1 aromatic heterocycles. The Labute approximate surface area is 125 Å². The molecule has 0 spiro atoms. The van der Waals surface area contributed by atoms with Gasteiger partial charge in [0.05, 0.1) is 5.69 Å². The van der Waals surface area contributed by atoms with Crippen LogP contribution in [0.1, 0.15) is 32.4 Å². The fourth-order valence-electron chi connectivity index (χ4n) is 2.45. The Bertz CT molecular complexity index is 599. The summed E-state index contributed by atoms with van der Waals surface area (Å²) < 4.78 is 26.9. The first kappa shape index (κ1) is 15.3. The summed E-state index contributed by atoms with van der Waals surface area (Å²) in [6, 6.07) is 3.07. The molecule has 2 unspecified atom stereocenters. The van der Waals surface area contributed by atoms with E-state index in [-0.39, 0.29) is 15.9 Å². The summed E-state index contributed by atoms with van der Waals surface area (Å²) in [4.78, 5) is 4.37. The lowest BCUT2D eigenvalue weighted by atomic mass is 9.94. The lowest BCUT2D eigenvalue weighted by Gasteiger charge is -2.36. The highest BCUT2D eigenvalue weighted by Crippen LogP contribution is 2.28. The smallest absolute Gasteiger partial charge is 0.244 e. The molecule has 0 aromatic carbocycles. The molecule has 5 nitrogen and oxygen atoms in total. The number of aromatic nitrogens is 1. The Morgan fingerprint density at radius 3 is 2.70 bits per heavy atom. The Morgan fingerprint density at radius 2 is 2.15 bits per heavy atom. The van der Waals surface area contributed by atoms with Gasteiger partial charge < -0.3 is 5.73 Å². The largest absolute Gasteiger partial charge is 0.388 e. The highest BCUT2D eigenvalue weighted by molar-refractivity contribution is 7.89. The molecular formula is C13H19N3O2S2. The SMILES string of the molecule is CC1CCCN(S(=O)(=O)c2ccc(C(N)=S)nc2)C1C. The van der Waals surface area contributed by atoms with Crippen molar-refractivity contribution in [3.05, 3.63) is 24.0 Å². The second-order valence-corrected chi connectivity index (χ2v) is 7.55. The molecule has 2 heterocycles. The monoisotopic (exact) mass is 313 g/mol. The van der Waals surface area contributed by atoms with Crippen molar-refractivity contribution in [1.29, 1.82) is 0 Å². The zero-order valence-electron chi connectivity index (χ0n) is 11.6. The quantitative estimate of drug-likeness (QED) is 0.856. The van der Waals surface area contributed by atoms with Crippen LogP contribution in [-0.4, -0.2) is 35.3 Å². The van der Waals surface area contributed by atoms with Gasteiger partial charge in [0.25, 0.3) is 0 Å². The summed E-state index contributed by atoms with van der Waals surface area (Å²) in [6.45, 7) is 4.60. The van der Waals surface area contributed by atoms with Gasteiger partial charge in [0.2, 0.25) is 10.0 Å². The zero-order valence-corrected chi connectivity index (χ0v) is 13.2. The van der Waals surface area contributed by atoms with Crippen molar-refractivity contribution < 1.29 is 8.42 Å². The van der Waals surface area contributed by atoms with Gasteiger partial charge in [0.15, 0.2) is 0 Å². The minimum atomic E-state index is -3.50. The fourth-order valence-corrected chi connectivity index (χ4v) is 4.28. The van der Waals surface area contributed by atoms with Crippen molar-refractivity contribution in [1.82, 2.24) is 9.29 Å². The van der Waals surface area contributed by atoms with Crippen molar-refractivity contribution in [3.63, 3.8) is 0 Å². The predicted molar refractivity (Wildman–Crippen MR) is 81.9 cm³/mol. The number of nitrogens with zero attached hydrogens (tertiary/aromatic N) is 2. The number of pyridine rings is 1. The second kappa shape index (κ2) is 5.75. The molecule has 1 aliphatic heterocycles. The van der Waals surface area contributed by atoms with Crippen LogP contribution in [0, 0.1) is 5.92 Å². The van der Waals surface area contributed by atoms with E-state index in [9.17, 15) is 8.42 Å². The van der Waals surface area contributed by atoms with Crippen LogP contribution in [0.25, 0.3) is 0 Å². The molecule has 2 rings (SSSR count). The maximum atomic E-state index is 12.6. The van der Waals surface area contributed by atoms with Gasteiger partial charge in [-0.1, -0.05) is 19.1 Å². The summed E-state index contributed by atoms with van der Waals surface area (Å²) in [5, 5.41) is 0. The summed E-state index contributed by atoms with van der Waals surface area (Å²) in [7, 11) is -3.50. The fraction of sp³-hybridized carbons (Fsp3) is 0.538. The number of thiocarbonyl (C=S) groups is 1. The second-order valence-electron chi connectivity index (χ2n) is 5.22. The minimum Gasteiger partial charge on any atom is -0.388 e. The van der Waals surface area contributed by atoms with Crippen LogP contribution in [-0.2, 0) is 10.0 Å². The van der Waals surface area contributed by atoms with Crippen LogP contribution in [0.5, 0.6) is 0 Å². The Balaban J connectivity index is 2.32. The number of rotatable bonds is 3. The van der Waals surface area contributed by atoms with Crippen LogP contribution >= 0.6 is 12.2 Å². The molecule has 110 valence electrons. The van der Waals surface area contributed by atoms with Gasteiger partial charge >= 0.3 is 0 Å². The van der Waals surface area contributed by atoms with E-state index in [4.69, 9.17) is 18.0 Å². The van der Waals surface area contributed by atoms with Gasteiger partial charge in [-0.25, -0.2) is 8.42 Å². The highest BCUT2D eigenvalue weighted by Gasteiger charge is 2.34. The number of sulfonamides is 1. The summed E-state index contributed by atoms with van der Waals surface area (Å²) in [5.41, 5.74) is 5.89. The Hall–Kier alpha value is -1.05. The third kappa shape index (κ3) is 2.84. The Kier molecular flexibility index (Phi) is 4.41. The Morgan fingerprint density at radius 1 is 1.45 bits per heavy atom. The lowest BCUT2D eigenvalue weighted by Crippen LogP contribution is -2.45. The van der Waals surface area contributed by atoms with Gasteiger partial charge in [0, 0.05) is 18.8 Å². The van der Waals surface area contributed by atoms with E-state index in [1.165, 1.54) is 12.3 Å². The van der Waals surface area contributed by atoms with Crippen molar-refractivity contribution in [2.45, 2.75) is 37.6 Å². The number of hydrogen-bond acceptors (Lipinski definition) is 4. The van der Waals surface area contributed by atoms with Crippen molar-refractivity contribution in [2.75, 3.05) is 6.54 Å².